The molecule has 6 heteroatoms. The van der Waals surface area contributed by atoms with Gasteiger partial charge in [0.05, 0.1) is 23.3 Å². The van der Waals surface area contributed by atoms with Gasteiger partial charge in [0.25, 0.3) is 0 Å². The third kappa shape index (κ3) is 4.42. The quantitative estimate of drug-likeness (QED) is 0.308. The molecule has 3 aromatic carbocycles. The molecule has 31 heavy (non-hydrogen) atoms. The van der Waals surface area contributed by atoms with Crippen molar-refractivity contribution in [3.63, 3.8) is 0 Å². The summed E-state index contributed by atoms with van der Waals surface area (Å²) in [7, 11) is 0. The Morgan fingerprint density at radius 3 is 2.39 bits per heavy atom. The lowest BCUT2D eigenvalue weighted by molar-refractivity contribution is 0.202. The van der Waals surface area contributed by atoms with Crippen molar-refractivity contribution in [2.75, 3.05) is 24.5 Å². The fraction of sp³-hybridized carbons (Fsp3) is 0.200. The normalized spacial score (nSPS) is 17.4. The van der Waals surface area contributed by atoms with E-state index < -0.39 is 0 Å². The van der Waals surface area contributed by atoms with Gasteiger partial charge in [0.2, 0.25) is 0 Å². The van der Waals surface area contributed by atoms with Gasteiger partial charge in [-0.25, -0.2) is 0 Å². The van der Waals surface area contributed by atoms with Crippen molar-refractivity contribution >= 4 is 51.5 Å². The molecule has 4 aromatic rings. The van der Waals surface area contributed by atoms with Gasteiger partial charge in [0, 0.05) is 35.1 Å². The Morgan fingerprint density at radius 2 is 1.61 bits per heavy atom. The molecule has 1 aromatic heterocycles. The zero-order chi connectivity index (χ0) is 21.4. The van der Waals surface area contributed by atoms with E-state index in [-0.39, 0.29) is 6.04 Å². The molecule has 0 amide bonds. The molecule has 0 radical (unpaired) electrons. The van der Waals surface area contributed by atoms with Gasteiger partial charge in [-0.15, -0.1) is 0 Å². The van der Waals surface area contributed by atoms with Crippen LogP contribution in [0.4, 0.5) is 5.69 Å². The molecule has 1 aliphatic heterocycles. The van der Waals surface area contributed by atoms with Crippen LogP contribution in [0.25, 0.3) is 11.0 Å². The maximum Gasteiger partial charge on any atom is 0.134 e. The Balaban J connectivity index is 1.43. The SMILES string of the molecule is Clc1ccc(C2CN(Cc3cc4ccccc4o3)CCN2c2ccc(Cl)cc2Cl)cc1. The zero-order valence-electron chi connectivity index (χ0n) is 16.8. The summed E-state index contributed by atoms with van der Waals surface area (Å²) in [5.41, 5.74) is 3.12. The number of fused-ring (bicyclic) bond motifs is 1. The van der Waals surface area contributed by atoms with E-state index >= 15 is 0 Å². The highest BCUT2D eigenvalue weighted by molar-refractivity contribution is 6.36. The minimum Gasteiger partial charge on any atom is -0.460 e. The predicted molar refractivity (Wildman–Crippen MR) is 129 cm³/mol. The van der Waals surface area contributed by atoms with Crippen molar-refractivity contribution in [1.29, 1.82) is 0 Å². The van der Waals surface area contributed by atoms with E-state index in [0.717, 1.165) is 53.6 Å². The predicted octanol–water partition coefficient (Wildman–Crippen LogP) is 7.46. The van der Waals surface area contributed by atoms with Crippen molar-refractivity contribution < 1.29 is 4.42 Å². The fourth-order valence-electron chi connectivity index (χ4n) is 4.29. The minimum absolute atomic E-state index is 0.133. The van der Waals surface area contributed by atoms with Gasteiger partial charge in [-0.1, -0.05) is 65.1 Å². The Labute approximate surface area is 196 Å². The van der Waals surface area contributed by atoms with Crippen LogP contribution in [0, 0.1) is 0 Å². The molecule has 1 unspecified atom stereocenters. The molecule has 0 saturated carbocycles. The first-order valence-corrected chi connectivity index (χ1v) is 11.4. The number of para-hydroxylation sites is 1. The smallest absolute Gasteiger partial charge is 0.134 e. The highest BCUT2D eigenvalue weighted by Crippen LogP contribution is 2.37. The maximum atomic E-state index is 6.58. The van der Waals surface area contributed by atoms with Crippen molar-refractivity contribution in [2.45, 2.75) is 12.6 Å². The minimum atomic E-state index is 0.133. The van der Waals surface area contributed by atoms with Crippen LogP contribution in [0.3, 0.4) is 0 Å². The van der Waals surface area contributed by atoms with Crippen LogP contribution in [-0.4, -0.2) is 24.5 Å². The monoisotopic (exact) mass is 470 g/mol. The van der Waals surface area contributed by atoms with Crippen LogP contribution in [-0.2, 0) is 6.54 Å². The Morgan fingerprint density at radius 1 is 0.839 bits per heavy atom. The van der Waals surface area contributed by atoms with Crippen molar-refractivity contribution in [2.24, 2.45) is 0 Å². The Kier molecular flexibility index (Phi) is 5.85. The molecule has 2 heterocycles. The van der Waals surface area contributed by atoms with Crippen LogP contribution in [0.15, 0.2) is 77.2 Å². The number of halogens is 3. The second-order valence-corrected chi connectivity index (χ2v) is 9.12. The summed E-state index contributed by atoms with van der Waals surface area (Å²) in [5, 5.41) is 3.17. The molecule has 0 aliphatic carbocycles. The van der Waals surface area contributed by atoms with E-state index in [4.69, 9.17) is 39.2 Å². The van der Waals surface area contributed by atoms with Gasteiger partial charge in [-0.3, -0.25) is 4.90 Å². The fourth-order valence-corrected chi connectivity index (χ4v) is 4.93. The molecular weight excluding hydrogens is 451 g/mol. The largest absolute Gasteiger partial charge is 0.460 e. The second kappa shape index (κ2) is 8.76. The maximum absolute atomic E-state index is 6.58. The van der Waals surface area contributed by atoms with E-state index in [0.29, 0.717) is 10.0 Å². The topological polar surface area (TPSA) is 19.6 Å². The van der Waals surface area contributed by atoms with Crippen LogP contribution in [0.5, 0.6) is 0 Å². The number of anilines is 1. The van der Waals surface area contributed by atoms with E-state index in [1.54, 1.807) is 6.07 Å². The highest BCUT2D eigenvalue weighted by atomic mass is 35.5. The van der Waals surface area contributed by atoms with Gasteiger partial charge in [-0.05, 0) is 48.0 Å². The molecule has 1 atom stereocenters. The van der Waals surface area contributed by atoms with Gasteiger partial charge >= 0.3 is 0 Å². The number of benzene rings is 3. The van der Waals surface area contributed by atoms with Crippen molar-refractivity contribution in [1.82, 2.24) is 4.90 Å². The molecule has 0 N–H and O–H groups in total. The van der Waals surface area contributed by atoms with Gasteiger partial charge in [0.1, 0.15) is 11.3 Å². The number of rotatable bonds is 4. The number of nitrogens with zero attached hydrogens (tertiary/aromatic N) is 2. The lowest BCUT2D eigenvalue weighted by Crippen LogP contribution is -2.48. The third-order valence-electron chi connectivity index (χ3n) is 5.79. The van der Waals surface area contributed by atoms with Crippen LogP contribution >= 0.6 is 34.8 Å². The number of furan rings is 1. The first-order chi connectivity index (χ1) is 15.1. The lowest BCUT2D eigenvalue weighted by Gasteiger charge is -2.43. The first kappa shape index (κ1) is 20.7. The summed E-state index contributed by atoms with van der Waals surface area (Å²) < 4.78 is 6.06. The van der Waals surface area contributed by atoms with Crippen LogP contribution in [0.2, 0.25) is 15.1 Å². The first-order valence-electron chi connectivity index (χ1n) is 10.2. The number of piperazine rings is 1. The van der Waals surface area contributed by atoms with Gasteiger partial charge in [-0.2, -0.15) is 0 Å². The zero-order valence-corrected chi connectivity index (χ0v) is 19.0. The molecule has 1 saturated heterocycles. The van der Waals surface area contributed by atoms with Crippen LogP contribution < -0.4 is 4.90 Å². The van der Waals surface area contributed by atoms with E-state index in [1.165, 1.54) is 5.56 Å². The van der Waals surface area contributed by atoms with E-state index in [9.17, 15) is 0 Å². The Hall–Kier alpha value is -2.17. The number of hydrogen-bond acceptors (Lipinski definition) is 3. The molecule has 0 spiro atoms. The van der Waals surface area contributed by atoms with E-state index in [1.807, 2.05) is 42.5 Å². The summed E-state index contributed by atoms with van der Waals surface area (Å²) in [6.45, 7) is 3.35. The molecule has 1 aliphatic rings. The van der Waals surface area contributed by atoms with Crippen LogP contribution in [0.1, 0.15) is 17.4 Å². The second-order valence-electron chi connectivity index (χ2n) is 7.84. The Bertz CT molecular complexity index is 1170. The molecule has 3 nitrogen and oxygen atoms in total. The summed E-state index contributed by atoms with van der Waals surface area (Å²) in [5.74, 6) is 0.981. The molecular formula is C25H21Cl3N2O. The molecule has 158 valence electrons. The lowest BCUT2D eigenvalue weighted by atomic mass is 10.0. The van der Waals surface area contributed by atoms with E-state index in [2.05, 4.69) is 34.1 Å². The summed E-state index contributed by atoms with van der Waals surface area (Å²) >= 11 is 18.9. The average Bonchev–Trinajstić information content (AvgIpc) is 3.17. The van der Waals surface area contributed by atoms with Crippen molar-refractivity contribution in [3.8, 4) is 0 Å². The highest BCUT2D eigenvalue weighted by Gasteiger charge is 2.30. The third-order valence-corrected chi connectivity index (χ3v) is 6.58. The molecule has 5 rings (SSSR count). The standard InChI is InChI=1S/C25H21Cl3N2O/c26-19-7-5-17(6-8-19)24-16-29(15-21-13-18-3-1-2-4-25(18)31-21)11-12-30(24)23-10-9-20(27)14-22(23)28/h1-10,13-14,24H,11-12,15-16H2. The average molecular weight is 472 g/mol. The van der Waals surface area contributed by atoms with Crippen molar-refractivity contribution in [3.05, 3.63) is 99.2 Å². The summed E-state index contributed by atoms with van der Waals surface area (Å²) in [4.78, 5) is 4.79. The molecule has 0 bridgehead atoms. The van der Waals surface area contributed by atoms with Gasteiger partial charge in [0.15, 0.2) is 0 Å². The summed E-state index contributed by atoms with van der Waals surface area (Å²) in [6, 6.07) is 24.2. The molecule has 1 fully saturated rings. The summed E-state index contributed by atoms with van der Waals surface area (Å²) in [6.07, 6.45) is 0. The number of hydrogen-bond donors (Lipinski definition) is 0. The van der Waals surface area contributed by atoms with Gasteiger partial charge < -0.3 is 9.32 Å².